The molecule has 1 heterocycles. The quantitative estimate of drug-likeness (QED) is 0.732. The number of benzene rings is 1. The molecule has 0 bridgehead atoms. The molecule has 20 heavy (non-hydrogen) atoms. The predicted molar refractivity (Wildman–Crippen MR) is 76.0 cm³/mol. The second kappa shape index (κ2) is 6.35. The van der Waals surface area contributed by atoms with Crippen molar-refractivity contribution in [1.82, 2.24) is 0 Å². The summed E-state index contributed by atoms with van der Waals surface area (Å²) in [5.74, 6) is 0.594. The van der Waals surface area contributed by atoms with Gasteiger partial charge < -0.3 is 13.5 Å². The Hall–Kier alpha value is -1.42. The monoisotopic (exact) mass is 296 g/mol. The number of hydrogen-bond donors (Lipinski definition) is 0. The lowest BCUT2D eigenvalue weighted by atomic mass is 10.1. The van der Waals surface area contributed by atoms with Gasteiger partial charge >= 0.3 is 7.60 Å². The third-order valence-corrected chi connectivity index (χ3v) is 5.00. The molecule has 0 unspecified atom stereocenters. The Morgan fingerprint density at radius 2 is 1.95 bits per heavy atom. The van der Waals surface area contributed by atoms with Gasteiger partial charge in [0, 0.05) is 37.8 Å². The van der Waals surface area contributed by atoms with Gasteiger partial charge in [-0.3, -0.25) is 9.36 Å². The van der Waals surface area contributed by atoms with Crippen LogP contribution in [0.1, 0.15) is 12.2 Å². The number of rotatable bonds is 7. The van der Waals surface area contributed by atoms with Crippen LogP contribution in [0.3, 0.4) is 0 Å². The van der Waals surface area contributed by atoms with Gasteiger partial charge in [-0.15, -0.1) is 0 Å². The summed E-state index contributed by atoms with van der Waals surface area (Å²) in [6.45, 7) is 0. The molecule has 5 nitrogen and oxygen atoms in total. The molecule has 1 aromatic heterocycles. The summed E-state index contributed by atoms with van der Waals surface area (Å²) in [6.07, 6.45) is 2.18. The molecule has 0 aliphatic carbocycles. The van der Waals surface area contributed by atoms with Crippen LogP contribution < -0.4 is 0 Å². The summed E-state index contributed by atoms with van der Waals surface area (Å²) in [5.41, 5.74) is 0. The molecular formula is C14H17O5P. The van der Waals surface area contributed by atoms with Gasteiger partial charge in [0.2, 0.25) is 0 Å². The van der Waals surface area contributed by atoms with E-state index in [0.29, 0.717) is 6.42 Å². The molecule has 2 rings (SSSR count). The van der Waals surface area contributed by atoms with E-state index in [-0.39, 0.29) is 18.4 Å². The molecule has 0 fully saturated rings. The minimum Gasteiger partial charge on any atom is -0.468 e. The van der Waals surface area contributed by atoms with E-state index in [1.807, 2.05) is 24.3 Å². The predicted octanol–water partition coefficient (Wildman–Crippen LogP) is 3.42. The van der Waals surface area contributed by atoms with Crippen molar-refractivity contribution in [1.29, 1.82) is 0 Å². The standard InChI is InChI=1S/C14H17O5P/c1-17-20(16,18-2)10-12(15)7-8-14-13-6-4-3-5-11(13)9-19-14/h3-6,9H,7-8,10H2,1-2H3. The molecule has 0 amide bonds. The smallest absolute Gasteiger partial charge is 0.337 e. The zero-order valence-corrected chi connectivity index (χ0v) is 12.4. The number of carbonyl (C=O) groups excluding carboxylic acids is 1. The van der Waals surface area contributed by atoms with Crippen LogP contribution in [0.4, 0.5) is 0 Å². The first-order chi connectivity index (χ1) is 9.58. The molecule has 6 heteroatoms. The molecule has 0 radical (unpaired) electrons. The van der Waals surface area contributed by atoms with Crippen molar-refractivity contribution in [2.24, 2.45) is 0 Å². The molecule has 0 atom stereocenters. The maximum absolute atomic E-state index is 11.8. The number of ketones is 1. The molecule has 0 aliphatic rings. The first-order valence-corrected chi connectivity index (χ1v) is 7.98. The van der Waals surface area contributed by atoms with E-state index in [4.69, 9.17) is 13.5 Å². The van der Waals surface area contributed by atoms with Crippen LogP contribution in [-0.2, 0) is 24.8 Å². The van der Waals surface area contributed by atoms with E-state index in [2.05, 4.69) is 0 Å². The summed E-state index contributed by atoms with van der Waals surface area (Å²) in [6, 6.07) is 7.76. The van der Waals surface area contributed by atoms with Gasteiger partial charge in [-0.05, 0) is 0 Å². The van der Waals surface area contributed by atoms with E-state index in [1.165, 1.54) is 14.2 Å². The number of aryl methyl sites for hydroxylation is 1. The van der Waals surface area contributed by atoms with Crippen molar-refractivity contribution in [3.05, 3.63) is 36.3 Å². The molecule has 0 saturated heterocycles. The summed E-state index contributed by atoms with van der Waals surface area (Å²) in [5, 5.41) is 2.01. The molecule has 108 valence electrons. The van der Waals surface area contributed by atoms with Crippen molar-refractivity contribution in [3.8, 4) is 0 Å². The average molecular weight is 296 g/mol. The topological polar surface area (TPSA) is 65.7 Å². The number of furan rings is 1. The van der Waals surface area contributed by atoms with Crippen LogP contribution in [-0.4, -0.2) is 26.2 Å². The number of Topliss-reactive ketones (excluding diaryl/α,β-unsaturated/α-hetero) is 1. The van der Waals surface area contributed by atoms with Crippen molar-refractivity contribution >= 4 is 24.2 Å². The van der Waals surface area contributed by atoms with E-state index in [1.54, 1.807) is 6.26 Å². The van der Waals surface area contributed by atoms with Gasteiger partial charge in [-0.2, -0.15) is 0 Å². The highest BCUT2D eigenvalue weighted by molar-refractivity contribution is 7.54. The number of carbonyl (C=O) groups is 1. The van der Waals surface area contributed by atoms with Crippen molar-refractivity contribution in [2.75, 3.05) is 20.4 Å². The summed E-state index contributed by atoms with van der Waals surface area (Å²) < 4.78 is 26.8. The Balaban J connectivity index is 1.99. The average Bonchev–Trinajstić information content (AvgIpc) is 2.88. The van der Waals surface area contributed by atoms with Crippen molar-refractivity contribution < 1.29 is 22.8 Å². The van der Waals surface area contributed by atoms with Crippen LogP contribution >= 0.6 is 7.60 Å². The zero-order valence-electron chi connectivity index (χ0n) is 11.5. The fourth-order valence-electron chi connectivity index (χ4n) is 2.00. The van der Waals surface area contributed by atoms with Crippen molar-refractivity contribution in [3.63, 3.8) is 0 Å². The van der Waals surface area contributed by atoms with E-state index in [9.17, 15) is 9.36 Å². The molecule has 1 aromatic carbocycles. The first kappa shape index (κ1) is 15.0. The summed E-state index contributed by atoms with van der Waals surface area (Å²) >= 11 is 0. The Morgan fingerprint density at radius 1 is 1.25 bits per heavy atom. The molecule has 0 saturated carbocycles. The van der Waals surface area contributed by atoms with E-state index < -0.39 is 7.60 Å². The zero-order chi connectivity index (χ0) is 14.6. The van der Waals surface area contributed by atoms with E-state index >= 15 is 0 Å². The lowest BCUT2D eigenvalue weighted by Gasteiger charge is -2.12. The van der Waals surface area contributed by atoms with Crippen molar-refractivity contribution in [2.45, 2.75) is 12.8 Å². The number of hydrogen-bond acceptors (Lipinski definition) is 5. The Morgan fingerprint density at radius 3 is 2.65 bits per heavy atom. The highest BCUT2D eigenvalue weighted by Crippen LogP contribution is 2.46. The SMILES string of the molecule is COP(=O)(CC(=O)CCc1occ2ccccc12)OC. The van der Waals surface area contributed by atoms with Gasteiger partial charge in [0.15, 0.2) is 0 Å². The third kappa shape index (κ3) is 3.37. The van der Waals surface area contributed by atoms with Gasteiger partial charge in [-0.25, -0.2) is 0 Å². The Kier molecular flexibility index (Phi) is 4.76. The van der Waals surface area contributed by atoms with Crippen LogP contribution in [0.15, 0.2) is 34.9 Å². The lowest BCUT2D eigenvalue weighted by Crippen LogP contribution is -2.08. The highest BCUT2D eigenvalue weighted by atomic mass is 31.2. The van der Waals surface area contributed by atoms with Gasteiger partial charge in [0.25, 0.3) is 0 Å². The minimum absolute atomic E-state index is 0.169. The minimum atomic E-state index is -3.27. The van der Waals surface area contributed by atoms with Crippen LogP contribution in [0.2, 0.25) is 0 Å². The normalized spacial score (nSPS) is 11.9. The van der Waals surface area contributed by atoms with Crippen LogP contribution in [0.25, 0.3) is 10.8 Å². The second-order valence-corrected chi connectivity index (χ2v) is 6.69. The maximum Gasteiger partial charge on any atom is 0.337 e. The van der Waals surface area contributed by atoms with Crippen LogP contribution in [0, 0.1) is 0 Å². The fraction of sp³-hybridized carbons (Fsp3) is 0.357. The Labute approximate surface area is 117 Å². The van der Waals surface area contributed by atoms with Gasteiger partial charge in [-0.1, -0.05) is 24.3 Å². The fourth-order valence-corrected chi connectivity index (χ4v) is 2.99. The first-order valence-electron chi connectivity index (χ1n) is 6.25. The molecule has 0 N–H and O–H groups in total. The highest BCUT2D eigenvalue weighted by Gasteiger charge is 2.25. The molecule has 2 aromatic rings. The van der Waals surface area contributed by atoms with E-state index in [0.717, 1.165) is 16.5 Å². The molecule has 0 spiro atoms. The third-order valence-electron chi connectivity index (χ3n) is 3.15. The van der Waals surface area contributed by atoms with Crippen LogP contribution in [0.5, 0.6) is 0 Å². The molecule has 0 aliphatic heterocycles. The number of fused-ring (bicyclic) bond motifs is 1. The summed E-state index contributed by atoms with van der Waals surface area (Å²) in [4.78, 5) is 11.8. The Bertz CT molecular complexity index is 638. The summed E-state index contributed by atoms with van der Waals surface area (Å²) in [7, 11) is -0.721. The molecular weight excluding hydrogens is 279 g/mol. The maximum atomic E-state index is 11.8. The van der Waals surface area contributed by atoms with Gasteiger partial charge in [0.05, 0.1) is 6.26 Å². The lowest BCUT2D eigenvalue weighted by molar-refractivity contribution is -0.116. The van der Waals surface area contributed by atoms with Gasteiger partial charge in [0.1, 0.15) is 17.7 Å². The largest absolute Gasteiger partial charge is 0.468 e. The second-order valence-electron chi connectivity index (χ2n) is 4.42.